The van der Waals surface area contributed by atoms with Crippen LogP contribution in [0.3, 0.4) is 0 Å². The molecule has 3 atom stereocenters. The number of aryl methyl sites for hydroxylation is 1. The minimum Gasteiger partial charge on any atom is -0.316 e. The summed E-state index contributed by atoms with van der Waals surface area (Å²) in [6.45, 7) is 8.59. The van der Waals surface area contributed by atoms with Crippen molar-refractivity contribution in [3.63, 3.8) is 0 Å². The Morgan fingerprint density at radius 2 is 2.05 bits per heavy atom. The van der Waals surface area contributed by atoms with Gasteiger partial charge in [0.15, 0.2) is 0 Å². The largest absolute Gasteiger partial charge is 0.316 e. The molecule has 0 heterocycles. The first-order valence-electron chi connectivity index (χ1n) is 8.62. The topological polar surface area (TPSA) is 12.0 Å². The fourth-order valence-corrected chi connectivity index (χ4v) is 3.71. The number of benzene rings is 1. The summed E-state index contributed by atoms with van der Waals surface area (Å²) in [5.41, 5.74) is 2.13. The van der Waals surface area contributed by atoms with Crippen molar-refractivity contribution in [2.75, 3.05) is 13.1 Å². The predicted octanol–water partition coefficient (Wildman–Crippen LogP) is 5.04. The second-order valence-corrected chi connectivity index (χ2v) is 6.67. The first kappa shape index (κ1) is 16.5. The fraction of sp³-hybridized carbons (Fsp3) is 0.684. The summed E-state index contributed by atoms with van der Waals surface area (Å²) < 4.78 is 13.5. The minimum absolute atomic E-state index is 0.0812. The van der Waals surface area contributed by atoms with Gasteiger partial charge in [0.05, 0.1) is 0 Å². The summed E-state index contributed by atoms with van der Waals surface area (Å²) in [7, 11) is 0. The fourth-order valence-electron chi connectivity index (χ4n) is 3.71. The lowest BCUT2D eigenvalue weighted by Crippen LogP contribution is -2.32. The van der Waals surface area contributed by atoms with Crippen molar-refractivity contribution in [1.29, 1.82) is 0 Å². The molecule has 1 aliphatic carbocycles. The van der Waals surface area contributed by atoms with Gasteiger partial charge in [-0.25, -0.2) is 4.39 Å². The van der Waals surface area contributed by atoms with E-state index < -0.39 is 0 Å². The standard InChI is InChI=1S/C19H30FN/c1-4-10-21-13-17-7-6-15(5-2)12-18(17)16-8-9-19(20)14(3)11-16/h8-9,11,15,17-18,21H,4-7,10,12-13H2,1-3H3. The molecule has 1 nitrogen and oxygen atoms in total. The molecular weight excluding hydrogens is 261 g/mol. The summed E-state index contributed by atoms with van der Waals surface area (Å²) in [5.74, 6) is 2.04. The van der Waals surface area contributed by atoms with Crippen LogP contribution < -0.4 is 5.32 Å². The van der Waals surface area contributed by atoms with Crippen LogP contribution in [0.15, 0.2) is 18.2 Å². The second-order valence-electron chi connectivity index (χ2n) is 6.67. The molecule has 1 N–H and O–H groups in total. The third-order valence-electron chi connectivity index (χ3n) is 5.12. The lowest BCUT2D eigenvalue weighted by Gasteiger charge is -2.36. The molecule has 118 valence electrons. The number of nitrogens with one attached hydrogen (secondary N) is 1. The Labute approximate surface area is 129 Å². The molecule has 0 bridgehead atoms. The van der Waals surface area contributed by atoms with Gasteiger partial charge >= 0.3 is 0 Å². The van der Waals surface area contributed by atoms with Crippen LogP contribution in [-0.2, 0) is 0 Å². The molecule has 0 saturated heterocycles. The van der Waals surface area contributed by atoms with Crippen LogP contribution in [-0.4, -0.2) is 13.1 Å². The van der Waals surface area contributed by atoms with E-state index in [9.17, 15) is 4.39 Å². The Morgan fingerprint density at radius 3 is 2.71 bits per heavy atom. The Balaban J connectivity index is 2.13. The molecule has 0 radical (unpaired) electrons. The van der Waals surface area contributed by atoms with E-state index in [1.165, 1.54) is 37.7 Å². The van der Waals surface area contributed by atoms with Crippen molar-refractivity contribution in [2.45, 2.75) is 58.8 Å². The average Bonchev–Trinajstić information content (AvgIpc) is 2.50. The zero-order valence-corrected chi connectivity index (χ0v) is 13.8. The third-order valence-corrected chi connectivity index (χ3v) is 5.12. The Kier molecular flexibility index (Phi) is 6.22. The number of halogens is 1. The molecule has 0 spiro atoms. The third kappa shape index (κ3) is 4.29. The van der Waals surface area contributed by atoms with E-state index in [2.05, 4.69) is 25.2 Å². The summed E-state index contributed by atoms with van der Waals surface area (Å²) in [6.07, 6.45) is 6.37. The molecular formula is C19H30FN. The normalized spacial score (nSPS) is 26.0. The van der Waals surface area contributed by atoms with E-state index in [-0.39, 0.29) is 5.82 Å². The predicted molar refractivity (Wildman–Crippen MR) is 88.2 cm³/mol. The molecule has 1 aliphatic rings. The van der Waals surface area contributed by atoms with Crippen molar-refractivity contribution in [2.24, 2.45) is 11.8 Å². The van der Waals surface area contributed by atoms with Gasteiger partial charge in [-0.3, -0.25) is 0 Å². The highest BCUT2D eigenvalue weighted by Crippen LogP contribution is 2.41. The molecule has 0 amide bonds. The van der Waals surface area contributed by atoms with Gasteiger partial charge in [0.1, 0.15) is 5.82 Å². The van der Waals surface area contributed by atoms with Crippen molar-refractivity contribution in [3.8, 4) is 0 Å². The van der Waals surface area contributed by atoms with Gasteiger partial charge in [-0.15, -0.1) is 0 Å². The monoisotopic (exact) mass is 291 g/mol. The Morgan fingerprint density at radius 1 is 1.24 bits per heavy atom. The number of rotatable bonds is 6. The molecule has 3 unspecified atom stereocenters. The molecule has 1 fully saturated rings. The van der Waals surface area contributed by atoms with Crippen molar-refractivity contribution >= 4 is 0 Å². The molecule has 1 saturated carbocycles. The summed E-state index contributed by atoms with van der Waals surface area (Å²) in [4.78, 5) is 0. The smallest absolute Gasteiger partial charge is 0.126 e. The Bertz CT molecular complexity index is 441. The van der Waals surface area contributed by atoms with Crippen LogP contribution >= 0.6 is 0 Å². The number of hydrogen-bond donors (Lipinski definition) is 1. The van der Waals surface area contributed by atoms with E-state index in [1.807, 2.05) is 13.0 Å². The Hall–Kier alpha value is -0.890. The summed E-state index contributed by atoms with van der Waals surface area (Å²) >= 11 is 0. The van der Waals surface area contributed by atoms with Gasteiger partial charge in [-0.05, 0) is 74.2 Å². The molecule has 1 aromatic carbocycles. The van der Waals surface area contributed by atoms with E-state index in [1.54, 1.807) is 6.07 Å². The van der Waals surface area contributed by atoms with Gasteiger partial charge in [0, 0.05) is 0 Å². The van der Waals surface area contributed by atoms with Crippen LogP contribution in [0.1, 0.15) is 63.0 Å². The maximum absolute atomic E-state index is 13.5. The minimum atomic E-state index is -0.0812. The molecule has 2 rings (SSSR count). The molecule has 1 aromatic rings. The van der Waals surface area contributed by atoms with Gasteiger partial charge in [0.2, 0.25) is 0 Å². The molecule has 2 heteroatoms. The van der Waals surface area contributed by atoms with Gasteiger partial charge in [0.25, 0.3) is 0 Å². The van der Waals surface area contributed by atoms with Crippen molar-refractivity contribution in [1.82, 2.24) is 5.32 Å². The van der Waals surface area contributed by atoms with E-state index in [0.29, 0.717) is 11.8 Å². The average molecular weight is 291 g/mol. The van der Waals surface area contributed by atoms with Crippen molar-refractivity contribution in [3.05, 3.63) is 35.1 Å². The lowest BCUT2D eigenvalue weighted by atomic mass is 9.70. The maximum atomic E-state index is 13.5. The van der Waals surface area contributed by atoms with E-state index in [4.69, 9.17) is 0 Å². The van der Waals surface area contributed by atoms with Crippen molar-refractivity contribution < 1.29 is 4.39 Å². The lowest BCUT2D eigenvalue weighted by molar-refractivity contribution is 0.225. The summed E-state index contributed by atoms with van der Waals surface area (Å²) in [6, 6.07) is 5.74. The summed E-state index contributed by atoms with van der Waals surface area (Å²) in [5, 5.41) is 3.59. The van der Waals surface area contributed by atoms with E-state index >= 15 is 0 Å². The molecule has 0 aliphatic heterocycles. The molecule has 21 heavy (non-hydrogen) atoms. The van der Waals surface area contributed by atoms with Crippen LogP contribution in [0, 0.1) is 24.6 Å². The number of hydrogen-bond acceptors (Lipinski definition) is 1. The van der Waals surface area contributed by atoms with E-state index in [0.717, 1.165) is 24.6 Å². The first-order chi connectivity index (χ1) is 10.2. The van der Waals surface area contributed by atoms with Crippen LogP contribution in [0.2, 0.25) is 0 Å². The molecule has 0 aromatic heterocycles. The van der Waals surface area contributed by atoms with Crippen LogP contribution in [0.5, 0.6) is 0 Å². The van der Waals surface area contributed by atoms with Gasteiger partial charge < -0.3 is 5.32 Å². The zero-order valence-electron chi connectivity index (χ0n) is 13.8. The zero-order chi connectivity index (χ0) is 15.2. The van der Waals surface area contributed by atoms with Gasteiger partial charge in [-0.2, -0.15) is 0 Å². The van der Waals surface area contributed by atoms with Crippen LogP contribution in [0.4, 0.5) is 4.39 Å². The highest BCUT2D eigenvalue weighted by atomic mass is 19.1. The maximum Gasteiger partial charge on any atom is 0.126 e. The quantitative estimate of drug-likeness (QED) is 0.724. The van der Waals surface area contributed by atoms with Crippen LogP contribution in [0.25, 0.3) is 0 Å². The highest BCUT2D eigenvalue weighted by molar-refractivity contribution is 5.28. The first-order valence-corrected chi connectivity index (χ1v) is 8.62. The van der Waals surface area contributed by atoms with Gasteiger partial charge in [-0.1, -0.05) is 38.8 Å². The SMILES string of the molecule is CCCNCC1CCC(CC)CC1c1ccc(F)c(C)c1. The highest BCUT2D eigenvalue weighted by Gasteiger charge is 2.30. The second kappa shape index (κ2) is 7.93.